The summed E-state index contributed by atoms with van der Waals surface area (Å²) in [4.78, 5) is 1.78. The highest BCUT2D eigenvalue weighted by Crippen LogP contribution is 2.00. The van der Waals surface area contributed by atoms with Crippen LogP contribution >= 0.6 is 15.9 Å². The van der Waals surface area contributed by atoms with Gasteiger partial charge >= 0.3 is 0 Å². The predicted octanol–water partition coefficient (Wildman–Crippen LogP) is 3.87. The van der Waals surface area contributed by atoms with Crippen LogP contribution in [0.15, 0.2) is 11.1 Å². The Bertz CT molecular complexity index is 148. The van der Waals surface area contributed by atoms with Crippen molar-refractivity contribution in [2.75, 3.05) is 0 Å². The number of allylic oxidation sites excluding steroid dienone is 1. The monoisotopic (exact) mass is 214 g/mol. The van der Waals surface area contributed by atoms with Crippen molar-refractivity contribution in [3.63, 3.8) is 0 Å². The summed E-state index contributed by atoms with van der Waals surface area (Å²) in [6, 6.07) is 0. The molecule has 0 spiro atoms. The van der Waals surface area contributed by atoms with Gasteiger partial charge < -0.3 is 0 Å². The third-order valence-corrected chi connectivity index (χ3v) is 1.67. The Morgan fingerprint density at radius 3 is 2.73 bits per heavy atom. The van der Waals surface area contributed by atoms with E-state index in [-0.39, 0.29) is 0 Å². The largest absolute Gasteiger partial charge is 0.0985 e. The van der Waals surface area contributed by atoms with E-state index in [4.69, 9.17) is 0 Å². The van der Waals surface area contributed by atoms with Gasteiger partial charge in [0.1, 0.15) is 0 Å². The van der Waals surface area contributed by atoms with Crippen LogP contribution < -0.4 is 0 Å². The van der Waals surface area contributed by atoms with Crippen molar-refractivity contribution >= 4 is 15.9 Å². The highest BCUT2D eigenvalue weighted by atomic mass is 79.9. The Morgan fingerprint density at radius 1 is 1.27 bits per heavy atom. The summed E-state index contributed by atoms with van der Waals surface area (Å²) >= 11 is 3.16. The molecule has 0 aliphatic heterocycles. The summed E-state index contributed by atoms with van der Waals surface area (Å²) in [5.41, 5.74) is 0. The molecule has 0 radical (unpaired) electrons. The molecule has 1 heteroatoms. The van der Waals surface area contributed by atoms with Crippen LogP contribution in [-0.2, 0) is 0 Å². The number of unbranched alkanes of at least 4 members (excludes halogenated alkanes) is 4. The van der Waals surface area contributed by atoms with Crippen LogP contribution in [0.5, 0.6) is 0 Å². The van der Waals surface area contributed by atoms with Gasteiger partial charge in [-0.1, -0.05) is 54.0 Å². The standard InChI is InChI=1S/C10H15Br/c1-2-3-4-5-6-7-8-9-10-11/h9-10H,2-6H2,1H3/b10-9+. The molecule has 0 saturated carbocycles. The van der Waals surface area contributed by atoms with Crippen LogP contribution in [-0.4, -0.2) is 0 Å². The van der Waals surface area contributed by atoms with Crippen molar-refractivity contribution in [1.82, 2.24) is 0 Å². The molecule has 0 aliphatic rings. The number of halogens is 1. The minimum atomic E-state index is 1.04. The predicted molar refractivity (Wildman–Crippen MR) is 54.6 cm³/mol. The molecule has 0 aromatic rings. The lowest BCUT2D eigenvalue weighted by Gasteiger charge is -1.91. The summed E-state index contributed by atoms with van der Waals surface area (Å²) in [6.07, 6.45) is 8.07. The Labute approximate surface area is 78.2 Å². The molecule has 0 nitrogen and oxygen atoms in total. The summed E-state index contributed by atoms with van der Waals surface area (Å²) in [5, 5.41) is 0. The van der Waals surface area contributed by atoms with E-state index in [1.807, 2.05) is 6.08 Å². The lowest BCUT2D eigenvalue weighted by atomic mass is 10.2. The summed E-state index contributed by atoms with van der Waals surface area (Å²) in [7, 11) is 0. The molecule has 0 atom stereocenters. The molecule has 0 aromatic heterocycles. The first-order chi connectivity index (χ1) is 5.41. The zero-order chi connectivity index (χ0) is 8.36. The minimum absolute atomic E-state index is 1.04. The second kappa shape index (κ2) is 9.78. The van der Waals surface area contributed by atoms with E-state index in [1.54, 1.807) is 4.99 Å². The molecule has 11 heavy (non-hydrogen) atoms. The SMILES string of the molecule is CCCCCCC#C/C=C/Br. The molecule has 0 aliphatic carbocycles. The quantitative estimate of drug-likeness (QED) is 0.493. The normalized spacial score (nSPS) is 9.64. The van der Waals surface area contributed by atoms with Crippen LogP contribution in [0.2, 0.25) is 0 Å². The van der Waals surface area contributed by atoms with E-state index >= 15 is 0 Å². The van der Waals surface area contributed by atoms with Gasteiger partial charge in [0.2, 0.25) is 0 Å². The van der Waals surface area contributed by atoms with Gasteiger partial charge in [0.25, 0.3) is 0 Å². The fraction of sp³-hybridized carbons (Fsp3) is 0.600. The van der Waals surface area contributed by atoms with Crippen LogP contribution in [0.4, 0.5) is 0 Å². The average Bonchev–Trinajstić information content (AvgIpc) is 2.03. The Morgan fingerprint density at radius 2 is 2.09 bits per heavy atom. The first kappa shape index (κ1) is 10.8. The second-order valence-electron chi connectivity index (χ2n) is 2.42. The van der Waals surface area contributed by atoms with Gasteiger partial charge in [-0.3, -0.25) is 0 Å². The van der Waals surface area contributed by atoms with Crippen LogP contribution in [0.1, 0.15) is 39.0 Å². The Balaban J connectivity index is 3.08. The lowest BCUT2D eigenvalue weighted by molar-refractivity contribution is 0.679. The van der Waals surface area contributed by atoms with Gasteiger partial charge in [0, 0.05) is 6.42 Å². The first-order valence-corrected chi connectivity index (χ1v) is 5.07. The van der Waals surface area contributed by atoms with Gasteiger partial charge in [-0.25, -0.2) is 0 Å². The van der Waals surface area contributed by atoms with E-state index in [9.17, 15) is 0 Å². The third kappa shape index (κ3) is 9.78. The molecule has 0 unspecified atom stereocenters. The van der Waals surface area contributed by atoms with E-state index in [2.05, 4.69) is 34.7 Å². The van der Waals surface area contributed by atoms with Crippen molar-refractivity contribution < 1.29 is 0 Å². The van der Waals surface area contributed by atoms with E-state index in [1.165, 1.54) is 25.7 Å². The fourth-order valence-electron chi connectivity index (χ4n) is 0.803. The molecule has 62 valence electrons. The maximum absolute atomic E-state index is 3.16. The van der Waals surface area contributed by atoms with Gasteiger partial charge in [-0.15, -0.1) is 0 Å². The van der Waals surface area contributed by atoms with Gasteiger partial charge in [-0.2, -0.15) is 0 Å². The molecule has 0 amide bonds. The summed E-state index contributed by atoms with van der Waals surface area (Å²) < 4.78 is 0. The van der Waals surface area contributed by atoms with Gasteiger partial charge in [-0.05, 0) is 17.5 Å². The summed E-state index contributed by atoms with van der Waals surface area (Å²) in [6.45, 7) is 2.22. The highest BCUT2D eigenvalue weighted by molar-refractivity contribution is 9.11. The highest BCUT2D eigenvalue weighted by Gasteiger charge is 1.82. The second-order valence-corrected chi connectivity index (χ2v) is 2.95. The number of hydrogen-bond donors (Lipinski definition) is 0. The third-order valence-electron chi connectivity index (χ3n) is 1.40. The molecule has 0 saturated heterocycles. The molecule has 0 rings (SSSR count). The van der Waals surface area contributed by atoms with Crippen molar-refractivity contribution in [3.8, 4) is 11.8 Å². The minimum Gasteiger partial charge on any atom is -0.0985 e. The smallest absolute Gasteiger partial charge is 0.00922 e. The van der Waals surface area contributed by atoms with Crippen molar-refractivity contribution in [2.24, 2.45) is 0 Å². The van der Waals surface area contributed by atoms with Crippen LogP contribution in [0, 0.1) is 11.8 Å². The Hall–Kier alpha value is -0.220. The van der Waals surface area contributed by atoms with Crippen molar-refractivity contribution in [2.45, 2.75) is 39.0 Å². The molecule has 0 fully saturated rings. The molecule has 0 N–H and O–H groups in total. The summed E-state index contributed by atoms with van der Waals surface area (Å²) in [5.74, 6) is 6.01. The van der Waals surface area contributed by atoms with Gasteiger partial charge in [0.15, 0.2) is 0 Å². The molecular formula is C10H15Br. The van der Waals surface area contributed by atoms with Crippen molar-refractivity contribution in [1.29, 1.82) is 0 Å². The van der Waals surface area contributed by atoms with E-state index < -0.39 is 0 Å². The number of rotatable bonds is 4. The molecular weight excluding hydrogens is 200 g/mol. The molecule has 0 aromatic carbocycles. The van der Waals surface area contributed by atoms with E-state index in [0.29, 0.717) is 0 Å². The van der Waals surface area contributed by atoms with Gasteiger partial charge in [0.05, 0.1) is 0 Å². The van der Waals surface area contributed by atoms with Crippen LogP contribution in [0.3, 0.4) is 0 Å². The topological polar surface area (TPSA) is 0 Å². The first-order valence-electron chi connectivity index (χ1n) is 4.15. The average molecular weight is 215 g/mol. The fourth-order valence-corrected chi connectivity index (χ4v) is 0.935. The lowest BCUT2D eigenvalue weighted by Crippen LogP contribution is -1.73. The zero-order valence-electron chi connectivity index (χ0n) is 7.07. The van der Waals surface area contributed by atoms with Crippen LogP contribution in [0.25, 0.3) is 0 Å². The maximum Gasteiger partial charge on any atom is 0.00922 e. The van der Waals surface area contributed by atoms with E-state index in [0.717, 1.165) is 6.42 Å². The molecule has 0 bridgehead atoms. The van der Waals surface area contributed by atoms with Crippen molar-refractivity contribution in [3.05, 3.63) is 11.1 Å². The maximum atomic E-state index is 3.16. The molecule has 0 heterocycles. The zero-order valence-corrected chi connectivity index (χ0v) is 8.65. The number of hydrogen-bond acceptors (Lipinski definition) is 0. The Kier molecular flexibility index (Phi) is 9.58.